The molecular formula is C23H18F3N5O2. The molecule has 1 fully saturated rings. The molecule has 5 rings (SSSR count). The standard InChI is InChI=1S/C23H18F3N5O2/c1-13-19(31-11-7-16(23(24,25)26)12-18(31)28-13)17-6-10-27-21(29-17)22(8-9-22)15-4-2-14(3-5-15)20(32)30-33/h2-7,10-12,33H,8-9H2,1H3,(H,30,32). The molecule has 3 aromatic heterocycles. The van der Waals surface area contributed by atoms with Crippen LogP contribution in [0.15, 0.2) is 54.9 Å². The Bertz CT molecular complexity index is 1380. The van der Waals surface area contributed by atoms with Gasteiger partial charge < -0.3 is 0 Å². The van der Waals surface area contributed by atoms with Crippen molar-refractivity contribution < 1.29 is 23.2 Å². The van der Waals surface area contributed by atoms with E-state index in [0.717, 1.165) is 30.5 Å². The lowest BCUT2D eigenvalue weighted by molar-refractivity contribution is -0.137. The largest absolute Gasteiger partial charge is 0.416 e. The number of hydrogen-bond acceptors (Lipinski definition) is 5. The van der Waals surface area contributed by atoms with Crippen LogP contribution in [0.4, 0.5) is 13.2 Å². The van der Waals surface area contributed by atoms with Crippen LogP contribution in [0.1, 0.15) is 45.8 Å². The Hall–Kier alpha value is -3.79. The van der Waals surface area contributed by atoms with E-state index in [1.54, 1.807) is 41.2 Å². The quantitative estimate of drug-likeness (QED) is 0.355. The van der Waals surface area contributed by atoms with Crippen LogP contribution in [0, 0.1) is 6.92 Å². The molecular weight excluding hydrogens is 435 g/mol. The zero-order valence-electron chi connectivity index (χ0n) is 17.4. The number of hydroxylamine groups is 1. The molecule has 4 aromatic rings. The Morgan fingerprint density at radius 2 is 1.85 bits per heavy atom. The number of amides is 1. The SMILES string of the molecule is Cc1nc2cc(C(F)(F)F)ccn2c1-c1ccnc(C2(c3ccc(C(=O)NO)cc3)CC2)n1. The fourth-order valence-electron chi connectivity index (χ4n) is 4.14. The number of carbonyl (C=O) groups is 1. The molecule has 10 heteroatoms. The number of alkyl halides is 3. The lowest BCUT2D eigenvalue weighted by Crippen LogP contribution is -2.19. The van der Waals surface area contributed by atoms with Gasteiger partial charge in [-0.2, -0.15) is 13.2 Å². The van der Waals surface area contributed by atoms with Crippen molar-refractivity contribution in [1.29, 1.82) is 0 Å². The van der Waals surface area contributed by atoms with Crippen LogP contribution >= 0.6 is 0 Å². The van der Waals surface area contributed by atoms with Crippen molar-refractivity contribution in [2.24, 2.45) is 0 Å². The van der Waals surface area contributed by atoms with Gasteiger partial charge in [-0.3, -0.25) is 14.4 Å². The van der Waals surface area contributed by atoms with Crippen molar-refractivity contribution in [3.8, 4) is 11.4 Å². The van der Waals surface area contributed by atoms with Crippen molar-refractivity contribution >= 4 is 11.6 Å². The van der Waals surface area contributed by atoms with Gasteiger partial charge in [0, 0.05) is 18.0 Å². The lowest BCUT2D eigenvalue weighted by atomic mass is 9.93. The van der Waals surface area contributed by atoms with Crippen molar-refractivity contribution in [2.75, 3.05) is 0 Å². The zero-order valence-corrected chi connectivity index (χ0v) is 17.4. The fourth-order valence-corrected chi connectivity index (χ4v) is 4.14. The number of nitrogens with zero attached hydrogens (tertiary/aromatic N) is 4. The molecule has 33 heavy (non-hydrogen) atoms. The van der Waals surface area contributed by atoms with Crippen LogP contribution in [0.25, 0.3) is 17.0 Å². The predicted molar refractivity (Wildman–Crippen MR) is 112 cm³/mol. The van der Waals surface area contributed by atoms with E-state index in [0.29, 0.717) is 28.5 Å². The number of aromatic nitrogens is 4. The van der Waals surface area contributed by atoms with E-state index >= 15 is 0 Å². The molecule has 1 saturated carbocycles. The minimum absolute atomic E-state index is 0.191. The number of imidazole rings is 1. The Labute approximate surface area is 185 Å². The maximum absolute atomic E-state index is 13.1. The maximum Gasteiger partial charge on any atom is 0.416 e. The molecule has 0 atom stereocenters. The molecule has 3 heterocycles. The van der Waals surface area contributed by atoms with Gasteiger partial charge in [-0.25, -0.2) is 20.4 Å². The summed E-state index contributed by atoms with van der Waals surface area (Å²) in [5.41, 5.74) is 3.63. The Morgan fingerprint density at radius 1 is 1.12 bits per heavy atom. The molecule has 0 spiro atoms. The second kappa shape index (κ2) is 7.38. The third-order valence-corrected chi connectivity index (χ3v) is 6.01. The maximum atomic E-state index is 13.1. The van der Waals surface area contributed by atoms with E-state index in [4.69, 9.17) is 10.2 Å². The van der Waals surface area contributed by atoms with Gasteiger partial charge >= 0.3 is 6.18 Å². The third kappa shape index (κ3) is 3.52. The van der Waals surface area contributed by atoms with E-state index in [-0.39, 0.29) is 5.65 Å². The molecule has 0 saturated heterocycles. The minimum atomic E-state index is -4.45. The number of hydrogen-bond donors (Lipinski definition) is 2. The van der Waals surface area contributed by atoms with E-state index in [1.807, 2.05) is 12.1 Å². The van der Waals surface area contributed by atoms with Gasteiger partial charge in [-0.1, -0.05) is 12.1 Å². The summed E-state index contributed by atoms with van der Waals surface area (Å²) in [6, 6.07) is 10.6. The molecule has 1 amide bonds. The van der Waals surface area contributed by atoms with Crippen LogP contribution < -0.4 is 5.48 Å². The van der Waals surface area contributed by atoms with Crippen LogP contribution in [0.2, 0.25) is 0 Å². The van der Waals surface area contributed by atoms with Crippen molar-refractivity contribution in [3.63, 3.8) is 0 Å². The Balaban J connectivity index is 1.54. The van der Waals surface area contributed by atoms with Crippen LogP contribution in [0.3, 0.4) is 0 Å². The zero-order chi connectivity index (χ0) is 23.4. The second-order valence-electron chi connectivity index (χ2n) is 8.05. The first-order valence-corrected chi connectivity index (χ1v) is 10.2. The smallest absolute Gasteiger partial charge is 0.298 e. The number of aryl methyl sites for hydroxylation is 1. The van der Waals surface area contributed by atoms with Gasteiger partial charge in [0.05, 0.1) is 28.1 Å². The van der Waals surface area contributed by atoms with E-state index in [1.165, 1.54) is 6.20 Å². The number of nitrogens with one attached hydrogen (secondary N) is 1. The molecule has 168 valence electrons. The number of pyridine rings is 1. The summed E-state index contributed by atoms with van der Waals surface area (Å²) in [6.45, 7) is 1.73. The average Bonchev–Trinajstić information content (AvgIpc) is 3.55. The van der Waals surface area contributed by atoms with Gasteiger partial charge in [0.2, 0.25) is 0 Å². The highest BCUT2D eigenvalue weighted by molar-refractivity contribution is 5.93. The molecule has 1 aromatic carbocycles. The highest BCUT2D eigenvalue weighted by atomic mass is 19.4. The van der Waals surface area contributed by atoms with Gasteiger partial charge in [0.25, 0.3) is 5.91 Å². The van der Waals surface area contributed by atoms with Gasteiger partial charge in [0.1, 0.15) is 11.5 Å². The average molecular weight is 453 g/mol. The first-order valence-electron chi connectivity index (χ1n) is 10.2. The van der Waals surface area contributed by atoms with Crippen molar-refractivity contribution in [1.82, 2.24) is 24.8 Å². The summed E-state index contributed by atoms with van der Waals surface area (Å²) >= 11 is 0. The lowest BCUT2D eigenvalue weighted by Gasteiger charge is -2.16. The van der Waals surface area contributed by atoms with Crippen LogP contribution in [-0.2, 0) is 11.6 Å². The molecule has 1 aliphatic carbocycles. The Morgan fingerprint density at radius 3 is 2.48 bits per heavy atom. The first kappa shape index (κ1) is 21.1. The minimum Gasteiger partial charge on any atom is -0.298 e. The molecule has 2 N–H and O–H groups in total. The number of carbonyl (C=O) groups excluding carboxylic acids is 1. The van der Waals surface area contributed by atoms with Gasteiger partial charge in [-0.05, 0) is 55.7 Å². The summed E-state index contributed by atoms with van der Waals surface area (Å²) in [5.74, 6) is 0.00188. The van der Waals surface area contributed by atoms with Gasteiger partial charge in [0.15, 0.2) is 0 Å². The highest BCUT2D eigenvalue weighted by Gasteiger charge is 2.48. The predicted octanol–water partition coefficient (Wildman–Crippen LogP) is 4.32. The number of halogens is 3. The monoisotopic (exact) mass is 453 g/mol. The highest BCUT2D eigenvalue weighted by Crippen LogP contribution is 2.52. The Kier molecular flexibility index (Phi) is 4.71. The summed E-state index contributed by atoms with van der Waals surface area (Å²) in [5, 5.41) is 8.80. The van der Waals surface area contributed by atoms with Crippen molar-refractivity contribution in [3.05, 3.63) is 83.1 Å². The summed E-state index contributed by atoms with van der Waals surface area (Å²) in [4.78, 5) is 25.2. The first-order chi connectivity index (χ1) is 15.7. The third-order valence-electron chi connectivity index (χ3n) is 6.01. The van der Waals surface area contributed by atoms with Crippen LogP contribution in [-0.4, -0.2) is 30.5 Å². The van der Waals surface area contributed by atoms with E-state index in [9.17, 15) is 18.0 Å². The van der Waals surface area contributed by atoms with E-state index in [2.05, 4.69) is 9.97 Å². The summed E-state index contributed by atoms with van der Waals surface area (Å²) in [7, 11) is 0. The normalized spacial score (nSPS) is 14.9. The van der Waals surface area contributed by atoms with Gasteiger partial charge in [-0.15, -0.1) is 0 Å². The summed E-state index contributed by atoms with van der Waals surface area (Å²) < 4.78 is 40.9. The number of benzene rings is 1. The molecule has 7 nitrogen and oxygen atoms in total. The second-order valence-corrected chi connectivity index (χ2v) is 8.05. The molecule has 0 unspecified atom stereocenters. The molecule has 0 radical (unpaired) electrons. The number of rotatable bonds is 4. The van der Waals surface area contributed by atoms with Crippen molar-refractivity contribution in [2.45, 2.75) is 31.4 Å². The fraction of sp³-hybridized carbons (Fsp3) is 0.217. The topological polar surface area (TPSA) is 92.4 Å². The van der Waals surface area contributed by atoms with Crippen LogP contribution in [0.5, 0.6) is 0 Å². The molecule has 1 aliphatic rings. The number of fused-ring (bicyclic) bond motifs is 1. The molecule has 0 bridgehead atoms. The summed E-state index contributed by atoms with van der Waals surface area (Å²) in [6.07, 6.45) is 0.184. The molecule has 0 aliphatic heterocycles. The van der Waals surface area contributed by atoms with E-state index < -0.39 is 23.1 Å².